The van der Waals surface area contributed by atoms with Crippen LogP contribution in [0.4, 0.5) is 10.5 Å². The van der Waals surface area contributed by atoms with Gasteiger partial charge in [-0.25, -0.2) is 4.79 Å². The molecule has 1 N–H and O–H groups in total. The molecular formula is C12H14Cl2N2O2. The van der Waals surface area contributed by atoms with E-state index in [1.54, 1.807) is 23.1 Å². The summed E-state index contributed by atoms with van der Waals surface area (Å²) in [7, 11) is 0. The Kier molecular flexibility index (Phi) is 4.32. The maximum atomic E-state index is 12.0. The highest BCUT2D eigenvalue weighted by atomic mass is 35.5. The number of urea groups is 1. The quantitative estimate of drug-likeness (QED) is 0.862. The zero-order chi connectivity index (χ0) is 13.1. The summed E-state index contributed by atoms with van der Waals surface area (Å²) in [4.78, 5) is 13.7. The van der Waals surface area contributed by atoms with Gasteiger partial charge in [-0.2, -0.15) is 0 Å². The fourth-order valence-electron chi connectivity index (χ4n) is 1.79. The molecule has 6 heteroatoms. The molecule has 0 spiro atoms. The molecular weight excluding hydrogens is 275 g/mol. The first kappa shape index (κ1) is 13.5. The third kappa shape index (κ3) is 3.28. The summed E-state index contributed by atoms with van der Waals surface area (Å²) in [6.45, 7) is 3.66. The molecule has 0 bridgehead atoms. The zero-order valence-corrected chi connectivity index (χ0v) is 11.5. The van der Waals surface area contributed by atoms with E-state index in [0.717, 1.165) is 0 Å². The van der Waals surface area contributed by atoms with Crippen molar-refractivity contribution in [2.45, 2.75) is 13.0 Å². The van der Waals surface area contributed by atoms with E-state index in [9.17, 15) is 4.79 Å². The molecule has 1 unspecified atom stereocenters. The molecule has 4 nitrogen and oxygen atoms in total. The first-order chi connectivity index (χ1) is 8.56. The largest absolute Gasteiger partial charge is 0.375 e. The van der Waals surface area contributed by atoms with E-state index in [0.29, 0.717) is 35.4 Å². The molecule has 1 heterocycles. The number of nitrogens with one attached hydrogen (secondary N) is 1. The van der Waals surface area contributed by atoms with E-state index in [1.165, 1.54) is 0 Å². The van der Waals surface area contributed by atoms with Crippen LogP contribution < -0.4 is 5.32 Å². The van der Waals surface area contributed by atoms with Crippen LogP contribution in [-0.2, 0) is 4.74 Å². The standard InChI is InChI=1S/C12H14Cl2N2O2/c1-8-7-16(4-5-18-8)12(17)15-11-3-2-9(13)6-10(11)14/h2-3,6,8H,4-5,7H2,1H3,(H,15,17). The number of ether oxygens (including phenoxy) is 1. The minimum Gasteiger partial charge on any atom is -0.375 e. The molecule has 1 aliphatic rings. The van der Waals surface area contributed by atoms with Crippen LogP contribution >= 0.6 is 23.2 Å². The average molecular weight is 289 g/mol. The summed E-state index contributed by atoms with van der Waals surface area (Å²) < 4.78 is 5.38. The van der Waals surface area contributed by atoms with Gasteiger partial charge in [0.25, 0.3) is 0 Å². The molecule has 0 saturated carbocycles. The average Bonchev–Trinajstić information content (AvgIpc) is 2.32. The van der Waals surface area contributed by atoms with Crippen LogP contribution in [0.3, 0.4) is 0 Å². The molecule has 1 aliphatic heterocycles. The molecule has 2 amide bonds. The molecule has 0 aliphatic carbocycles. The number of carbonyl (C=O) groups excluding carboxylic acids is 1. The normalized spacial score (nSPS) is 19.7. The van der Waals surface area contributed by atoms with Gasteiger partial charge < -0.3 is 15.0 Å². The lowest BCUT2D eigenvalue weighted by molar-refractivity contribution is -0.00138. The number of halogens is 2. The molecule has 0 aromatic heterocycles. The first-order valence-corrected chi connectivity index (χ1v) is 6.44. The lowest BCUT2D eigenvalue weighted by Gasteiger charge is -2.31. The minimum atomic E-state index is -0.172. The second-order valence-corrected chi connectivity index (χ2v) is 5.03. The van der Waals surface area contributed by atoms with Crippen LogP contribution in [0.2, 0.25) is 10.0 Å². The van der Waals surface area contributed by atoms with Crippen LogP contribution in [0.1, 0.15) is 6.92 Å². The fraction of sp³-hybridized carbons (Fsp3) is 0.417. The smallest absolute Gasteiger partial charge is 0.322 e. The summed E-state index contributed by atoms with van der Waals surface area (Å²) in [5, 5.41) is 3.74. The number of anilines is 1. The third-order valence-electron chi connectivity index (χ3n) is 2.70. The summed E-state index contributed by atoms with van der Waals surface area (Å²) in [6, 6.07) is 4.80. The number of amides is 2. The van der Waals surface area contributed by atoms with Crippen molar-refractivity contribution in [2.75, 3.05) is 25.0 Å². The van der Waals surface area contributed by atoms with Gasteiger partial charge in [-0.3, -0.25) is 0 Å². The van der Waals surface area contributed by atoms with Gasteiger partial charge in [0.1, 0.15) is 0 Å². The summed E-state index contributed by atoms with van der Waals surface area (Å²) in [6.07, 6.45) is 0.0604. The maximum Gasteiger partial charge on any atom is 0.322 e. The van der Waals surface area contributed by atoms with Crippen molar-refractivity contribution in [1.29, 1.82) is 0 Å². The van der Waals surface area contributed by atoms with Gasteiger partial charge in [0.05, 0.1) is 23.4 Å². The Hall–Kier alpha value is -0.970. The number of hydrogen-bond donors (Lipinski definition) is 1. The van der Waals surface area contributed by atoms with Gasteiger partial charge in [-0.05, 0) is 25.1 Å². The predicted molar refractivity (Wildman–Crippen MR) is 72.5 cm³/mol. The Balaban J connectivity index is 2.02. The van der Waals surface area contributed by atoms with Crippen molar-refractivity contribution >= 4 is 34.9 Å². The zero-order valence-electron chi connectivity index (χ0n) is 9.95. The second-order valence-electron chi connectivity index (χ2n) is 4.18. The molecule has 18 heavy (non-hydrogen) atoms. The predicted octanol–water partition coefficient (Wildman–Crippen LogP) is 3.25. The fourth-order valence-corrected chi connectivity index (χ4v) is 2.24. The molecule has 1 aromatic rings. The molecule has 1 aromatic carbocycles. The minimum absolute atomic E-state index is 0.0604. The Morgan fingerprint density at radius 1 is 1.50 bits per heavy atom. The van der Waals surface area contributed by atoms with E-state index < -0.39 is 0 Å². The first-order valence-electron chi connectivity index (χ1n) is 5.69. The Morgan fingerprint density at radius 3 is 2.94 bits per heavy atom. The van der Waals surface area contributed by atoms with Gasteiger partial charge in [-0.15, -0.1) is 0 Å². The third-order valence-corrected chi connectivity index (χ3v) is 3.25. The van der Waals surface area contributed by atoms with Crippen molar-refractivity contribution in [1.82, 2.24) is 4.90 Å². The molecule has 0 radical (unpaired) electrons. The number of carbonyl (C=O) groups is 1. The van der Waals surface area contributed by atoms with Crippen molar-refractivity contribution in [3.05, 3.63) is 28.2 Å². The summed E-state index contributed by atoms with van der Waals surface area (Å²) in [5.41, 5.74) is 0.560. The van der Waals surface area contributed by atoms with Crippen molar-refractivity contribution in [2.24, 2.45) is 0 Å². The van der Waals surface area contributed by atoms with Crippen molar-refractivity contribution < 1.29 is 9.53 Å². The number of hydrogen-bond acceptors (Lipinski definition) is 2. The molecule has 1 atom stereocenters. The van der Waals surface area contributed by atoms with Gasteiger partial charge >= 0.3 is 6.03 Å². The highest BCUT2D eigenvalue weighted by Gasteiger charge is 2.21. The lowest BCUT2D eigenvalue weighted by Crippen LogP contribution is -2.46. The van der Waals surface area contributed by atoms with Gasteiger partial charge in [0.2, 0.25) is 0 Å². The number of rotatable bonds is 1. The van der Waals surface area contributed by atoms with Crippen LogP contribution in [0, 0.1) is 0 Å². The van der Waals surface area contributed by atoms with Crippen molar-refractivity contribution in [3.8, 4) is 0 Å². The monoisotopic (exact) mass is 288 g/mol. The summed E-state index contributed by atoms with van der Waals surface area (Å²) in [5.74, 6) is 0. The summed E-state index contributed by atoms with van der Waals surface area (Å²) >= 11 is 11.8. The molecule has 1 fully saturated rings. The van der Waals surface area contributed by atoms with E-state index >= 15 is 0 Å². The number of morpholine rings is 1. The van der Waals surface area contributed by atoms with E-state index in [-0.39, 0.29) is 12.1 Å². The SMILES string of the molecule is CC1CN(C(=O)Nc2ccc(Cl)cc2Cl)CCO1. The maximum absolute atomic E-state index is 12.0. The molecule has 98 valence electrons. The highest BCUT2D eigenvalue weighted by Crippen LogP contribution is 2.25. The molecule has 1 saturated heterocycles. The number of nitrogens with zero attached hydrogens (tertiary/aromatic N) is 1. The Labute approximate surface area is 116 Å². The van der Waals surface area contributed by atoms with E-state index in [1.807, 2.05) is 6.92 Å². The van der Waals surface area contributed by atoms with Crippen molar-refractivity contribution in [3.63, 3.8) is 0 Å². The Morgan fingerprint density at radius 2 is 2.28 bits per heavy atom. The van der Waals surface area contributed by atoms with E-state index in [2.05, 4.69) is 5.32 Å². The molecule has 2 rings (SSSR count). The number of benzene rings is 1. The Bertz CT molecular complexity index is 454. The highest BCUT2D eigenvalue weighted by molar-refractivity contribution is 6.36. The lowest BCUT2D eigenvalue weighted by atomic mass is 10.3. The van der Waals surface area contributed by atoms with Crippen LogP contribution in [0.15, 0.2) is 18.2 Å². The van der Waals surface area contributed by atoms with Gasteiger partial charge in [0.15, 0.2) is 0 Å². The van der Waals surface area contributed by atoms with E-state index in [4.69, 9.17) is 27.9 Å². The van der Waals surface area contributed by atoms with Gasteiger partial charge in [-0.1, -0.05) is 23.2 Å². The topological polar surface area (TPSA) is 41.6 Å². The van der Waals surface area contributed by atoms with Crippen LogP contribution in [-0.4, -0.2) is 36.7 Å². The van der Waals surface area contributed by atoms with Crippen LogP contribution in [0.5, 0.6) is 0 Å². The van der Waals surface area contributed by atoms with Gasteiger partial charge in [0, 0.05) is 18.1 Å². The van der Waals surface area contributed by atoms with Crippen LogP contribution in [0.25, 0.3) is 0 Å². The second kappa shape index (κ2) is 5.78.